The predicted molar refractivity (Wildman–Crippen MR) is 137 cm³/mol. The van der Waals surface area contributed by atoms with Gasteiger partial charge < -0.3 is 16.0 Å². The summed E-state index contributed by atoms with van der Waals surface area (Å²) in [6.07, 6.45) is 7.88. The number of carbonyl (C=O) groups excluding carboxylic acids is 2. The number of carbonyl (C=O) groups is 2. The van der Waals surface area contributed by atoms with Crippen molar-refractivity contribution in [3.05, 3.63) is 72.4 Å². The lowest BCUT2D eigenvalue weighted by Crippen LogP contribution is -2.42. The first-order valence-corrected chi connectivity index (χ1v) is 11.4. The monoisotopic (exact) mass is 441 g/mol. The number of nitrogens with two attached hydrogens (primary N) is 1. The number of primary amides is 1. The van der Waals surface area contributed by atoms with Gasteiger partial charge in [-0.15, -0.1) is 0 Å². The molecule has 1 rings (SSSR count). The highest BCUT2D eigenvalue weighted by Gasteiger charge is 2.21. The second kappa shape index (κ2) is 16.0. The molecule has 0 aromatic heterocycles. The highest BCUT2D eigenvalue weighted by Crippen LogP contribution is 2.25. The molecule has 0 bridgehead atoms. The summed E-state index contributed by atoms with van der Waals surface area (Å²) in [5.41, 5.74) is 7.91. The van der Waals surface area contributed by atoms with Crippen LogP contribution in [-0.2, 0) is 11.2 Å². The third kappa shape index (κ3) is 11.1. The van der Waals surface area contributed by atoms with Crippen LogP contribution in [0.25, 0.3) is 0 Å². The molecule has 32 heavy (non-hydrogen) atoms. The Morgan fingerprint density at radius 1 is 1.12 bits per heavy atom. The van der Waals surface area contributed by atoms with E-state index in [0.717, 1.165) is 17.6 Å². The maximum absolute atomic E-state index is 12.6. The second-order valence-corrected chi connectivity index (χ2v) is 8.56. The number of benzene rings is 1. The lowest BCUT2D eigenvalue weighted by molar-refractivity contribution is -0.122. The van der Waals surface area contributed by atoms with Crippen LogP contribution in [0.2, 0.25) is 0 Å². The Morgan fingerprint density at radius 2 is 1.69 bits per heavy atom. The van der Waals surface area contributed by atoms with Gasteiger partial charge in [0, 0.05) is 24.6 Å². The normalized spacial score (nSPS) is 13.1. The average Bonchev–Trinajstić information content (AvgIpc) is 2.74. The summed E-state index contributed by atoms with van der Waals surface area (Å²) in [5, 5.41) is 3.08. The molecule has 2 atom stereocenters. The van der Waals surface area contributed by atoms with E-state index in [4.69, 9.17) is 5.73 Å². The van der Waals surface area contributed by atoms with Crippen LogP contribution < -0.4 is 11.1 Å². The molecule has 5 heteroatoms. The van der Waals surface area contributed by atoms with E-state index in [9.17, 15) is 9.59 Å². The van der Waals surface area contributed by atoms with Crippen molar-refractivity contribution in [2.24, 2.45) is 17.6 Å². The smallest absolute Gasteiger partial charge is 0.248 e. The molecule has 0 radical (unpaired) electrons. The molecule has 0 saturated carbocycles. The van der Waals surface area contributed by atoms with Gasteiger partial charge in [0.05, 0.1) is 0 Å². The number of nitrogens with zero attached hydrogens (tertiary/aromatic N) is 1. The molecule has 2 amide bonds. The SMILES string of the molecule is C=C/C=C(\C=C)C(CC(=O)NCC(Cc1ccc(C(N)=O)cc1)N(C)C)C(C)C.CCC. The standard InChI is InChI=1S/C24H35N3O2.C3H8/c1-7-9-19(8-2)22(17(3)4)15-23(28)26-16-21(27(5)6)14-18-10-12-20(13-11-18)24(25)29;1-3-2/h7-13,17,21-22H,1-2,14-16H2,3-6H3,(H2,25,29)(H,26,28);3H2,1-2H3/b19-9+;. The van der Waals surface area contributed by atoms with E-state index in [1.54, 1.807) is 24.3 Å². The van der Waals surface area contributed by atoms with Crippen LogP contribution in [-0.4, -0.2) is 43.4 Å². The highest BCUT2D eigenvalue weighted by atomic mass is 16.1. The van der Waals surface area contributed by atoms with E-state index in [1.807, 2.05) is 32.3 Å². The van der Waals surface area contributed by atoms with Crippen LogP contribution in [0.15, 0.2) is 61.2 Å². The molecule has 2 unspecified atom stereocenters. The van der Waals surface area contributed by atoms with Crippen LogP contribution in [0.5, 0.6) is 0 Å². The Hall–Kier alpha value is -2.66. The molecule has 0 spiro atoms. The summed E-state index contributed by atoms with van der Waals surface area (Å²) in [6, 6.07) is 7.42. The summed E-state index contributed by atoms with van der Waals surface area (Å²) >= 11 is 0. The third-order valence-corrected chi connectivity index (χ3v) is 5.16. The van der Waals surface area contributed by atoms with Crippen molar-refractivity contribution in [2.45, 2.75) is 53.0 Å². The first-order valence-electron chi connectivity index (χ1n) is 11.4. The summed E-state index contributed by atoms with van der Waals surface area (Å²) in [5.74, 6) is 0.0107. The van der Waals surface area contributed by atoms with E-state index in [2.05, 4.69) is 51.1 Å². The van der Waals surface area contributed by atoms with Crippen molar-refractivity contribution in [1.29, 1.82) is 0 Å². The lowest BCUT2D eigenvalue weighted by Gasteiger charge is -2.26. The Bertz CT molecular complexity index is 749. The Kier molecular flexibility index (Phi) is 14.7. The van der Waals surface area contributed by atoms with Crippen molar-refractivity contribution < 1.29 is 9.59 Å². The van der Waals surface area contributed by atoms with Gasteiger partial charge in [0.15, 0.2) is 0 Å². The molecule has 0 aliphatic rings. The van der Waals surface area contributed by atoms with Gasteiger partial charge >= 0.3 is 0 Å². The van der Waals surface area contributed by atoms with E-state index in [-0.39, 0.29) is 17.9 Å². The largest absolute Gasteiger partial charge is 0.366 e. The van der Waals surface area contributed by atoms with Crippen LogP contribution in [0.4, 0.5) is 0 Å². The zero-order valence-electron chi connectivity index (χ0n) is 20.9. The van der Waals surface area contributed by atoms with Gasteiger partial charge in [-0.1, -0.05) is 77.6 Å². The fourth-order valence-corrected chi connectivity index (χ4v) is 3.24. The number of rotatable bonds is 12. The fourth-order valence-electron chi connectivity index (χ4n) is 3.24. The first kappa shape index (κ1) is 29.3. The number of hydrogen-bond donors (Lipinski definition) is 2. The van der Waals surface area contributed by atoms with E-state index >= 15 is 0 Å². The lowest BCUT2D eigenvalue weighted by atomic mass is 9.85. The number of allylic oxidation sites excluding steroid dienone is 4. The molecule has 0 saturated heterocycles. The molecule has 0 heterocycles. The maximum Gasteiger partial charge on any atom is 0.248 e. The van der Waals surface area contributed by atoms with Crippen LogP contribution >= 0.6 is 0 Å². The van der Waals surface area contributed by atoms with Gasteiger partial charge in [-0.3, -0.25) is 9.59 Å². The molecule has 0 aliphatic heterocycles. The zero-order chi connectivity index (χ0) is 24.7. The van der Waals surface area contributed by atoms with Gasteiger partial charge in [-0.25, -0.2) is 0 Å². The minimum absolute atomic E-state index is 0.0245. The Labute approximate surface area is 195 Å². The topological polar surface area (TPSA) is 75.4 Å². The molecule has 178 valence electrons. The molecule has 0 aliphatic carbocycles. The maximum atomic E-state index is 12.6. The molecule has 1 aromatic rings. The number of amides is 2. The summed E-state index contributed by atoms with van der Waals surface area (Å²) < 4.78 is 0. The van der Waals surface area contributed by atoms with Crippen molar-refractivity contribution >= 4 is 11.8 Å². The molecule has 3 N–H and O–H groups in total. The van der Waals surface area contributed by atoms with Crippen molar-refractivity contribution in [2.75, 3.05) is 20.6 Å². The Balaban J connectivity index is 0.00000302. The molecular formula is C27H43N3O2. The predicted octanol–water partition coefficient (Wildman–Crippen LogP) is 4.75. The molecule has 5 nitrogen and oxygen atoms in total. The number of likely N-dealkylation sites (N-methyl/N-ethyl adjacent to an activating group) is 1. The van der Waals surface area contributed by atoms with Crippen LogP contribution in [0.1, 0.15) is 56.5 Å². The molecular weight excluding hydrogens is 398 g/mol. The van der Waals surface area contributed by atoms with Crippen molar-refractivity contribution in [3.8, 4) is 0 Å². The quantitative estimate of drug-likeness (QED) is 0.460. The van der Waals surface area contributed by atoms with Crippen molar-refractivity contribution in [1.82, 2.24) is 10.2 Å². The van der Waals surface area contributed by atoms with Gasteiger partial charge in [-0.2, -0.15) is 0 Å². The number of nitrogens with one attached hydrogen (secondary N) is 1. The van der Waals surface area contributed by atoms with Gasteiger partial charge in [0.1, 0.15) is 0 Å². The molecule has 1 aromatic carbocycles. The minimum atomic E-state index is -0.433. The Morgan fingerprint density at radius 3 is 2.09 bits per heavy atom. The minimum Gasteiger partial charge on any atom is -0.366 e. The highest BCUT2D eigenvalue weighted by molar-refractivity contribution is 5.92. The fraction of sp³-hybridized carbons (Fsp3) is 0.481. The second-order valence-electron chi connectivity index (χ2n) is 8.56. The van der Waals surface area contributed by atoms with Crippen LogP contribution in [0, 0.1) is 11.8 Å². The molecule has 0 fully saturated rings. The van der Waals surface area contributed by atoms with Crippen LogP contribution in [0.3, 0.4) is 0 Å². The van der Waals surface area contributed by atoms with E-state index in [0.29, 0.717) is 24.4 Å². The first-order chi connectivity index (χ1) is 15.1. The summed E-state index contributed by atoms with van der Waals surface area (Å²) in [4.78, 5) is 25.9. The van der Waals surface area contributed by atoms with E-state index in [1.165, 1.54) is 6.42 Å². The van der Waals surface area contributed by atoms with Gasteiger partial charge in [0.2, 0.25) is 11.8 Å². The van der Waals surface area contributed by atoms with E-state index < -0.39 is 5.91 Å². The van der Waals surface area contributed by atoms with Crippen molar-refractivity contribution in [3.63, 3.8) is 0 Å². The zero-order valence-corrected chi connectivity index (χ0v) is 20.9. The summed E-state index contributed by atoms with van der Waals surface area (Å²) in [7, 11) is 3.99. The van der Waals surface area contributed by atoms with Gasteiger partial charge in [0.25, 0.3) is 0 Å². The van der Waals surface area contributed by atoms with Gasteiger partial charge in [-0.05, 0) is 55.6 Å². The average molecular weight is 442 g/mol. The number of hydrogen-bond acceptors (Lipinski definition) is 3. The third-order valence-electron chi connectivity index (χ3n) is 5.16. The summed E-state index contributed by atoms with van der Waals surface area (Å²) in [6.45, 7) is 16.6.